The second-order valence-corrected chi connectivity index (χ2v) is 8.97. The van der Waals surface area contributed by atoms with Crippen LogP contribution in [0.2, 0.25) is 0 Å². The molecule has 4 saturated carbocycles. The van der Waals surface area contributed by atoms with Crippen LogP contribution in [0, 0.1) is 23.2 Å². The minimum atomic E-state index is -0.0941. The van der Waals surface area contributed by atoms with Crippen LogP contribution in [0.1, 0.15) is 51.4 Å². The summed E-state index contributed by atoms with van der Waals surface area (Å²) < 4.78 is 5.94. The Morgan fingerprint density at radius 1 is 0.952 bits per heavy atom. The first-order valence-corrected chi connectivity index (χ1v) is 9.24. The van der Waals surface area contributed by atoms with Gasteiger partial charge in [0.15, 0.2) is 0 Å². The zero-order chi connectivity index (χ0) is 14.0. The summed E-state index contributed by atoms with van der Waals surface area (Å²) in [6.45, 7) is 3.02. The van der Waals surface area contributed by atoms with Crippen molar-refractivity contribution < 1.29 is 9.84 Å². The van der Waals surface area contributed by atoms with Crippen molar-refractivity contribution in [2.24, 2.45) is 23.2 Å². The Bertz CT molecular complexity index is 376. The average Bonchev–Trinajstić information content (AvgIpc) is 2.76. The summed E-state index contributed by atoms with van der Waals surface area (Å²) in [5.41, 5.74) is 0.284. The Morgan fingerprint density at radius 3 is 2.00 bits per heavy atom. The van der Waals surface area contributed by atoms with Gasteiger partial charge in [0.05, 0.1) is 18.3 Å². The molecule has 6 aliphatic rings. The second-order valence-electron chi connectivity index (χ2n) is 8.97. The number of rotatable bonds is 3. The van der Waals surface area contributed by atoms with Crippen molar-refractivity contribution in [3.05, 3.63) is 0 Å². The number of aliphatic hydroxyl groups excluding tert-OH is 1. The molecule has 0 aromatic rings. The average molecular weight is 291 g/mol. The van der Waals surface area contributed by atoms with E-state index >= 15 is 0 Å². The first-order valence-electron chi connectivity index (χ1n) is 9.24. The summed E-state index contributed by atoms with van der Waals surface area (Å²) in [5, 5.41) is 11.1. The molecule has 3 atom stereocenters. The van der Waals surface area contributed by atoms with Gasteiger partial charge in [0.1, 0.15) is 0 Å². The van der Waals surface area contributed by atoms with Crippen molar-refractivity contribution in [2.45, 2.75) is 69.7 Å². The fourth-order valence-corrected chi connectivity index (χ4v) is 6.87. The number of ether oxygens (including phenoxy) is 1. The molecule has 3 unspecified atom stereocenters. The van der Waals surface area contributed by atoms with E-state index in [4.69, 9.17) is 4.74 Å². The van der Waals surface area contributed by atoms with Gasteiger partial charge >= 0.3 is 0 Å². The van der Waals surface area contributed by atoms with Gasteiger partial charge < -0.3 is 9.84 Å². The minimum absolute atomic E-state index is 0.0941. The SMILES string of the molecule is OC(CN1CC2CCC(C1)O2)C12CC3CC(CC(C3)C1)C2. The summed E-state index contributed by atoms with van der Waals surface area (Å²) in [6.07, 6.45) is 11.6. The minimum Gasteiger partial charge on any atom is -0.391 e. The summed E-state index contributed by atoms with van der Waals surface area (Å²) in [6, 6.07) is 0. The molecule has 0 aromatic carbocycles. The van der Waals surface area contributed by atoms with E-state index in [1.54, 1.807) is 0 Å². The molecule has 0 amide bonds. The van der Waals surface area contributed by atoms with Crippen LogP contribution in [0.4, 0.5) is 0 Å². The molecule has 6 fully saturated rings. The van der Waals surface area contributed by atoms with E-state index in [-0.39, 0.29) is 11.5 Å². The molecule has 118 valence electrons. The van der Waals surface area contributed by atoms with Crippen molar-refractivity contribution in [1.82, 2.24) is 4.90 Å². The predicted molar refractivity (Wildman–Crippen MR) is 80.9 cm³/mol. The predicted octanol–water partition coefficient (Wildman–Crippen LogP) is 2.43. The maximum atomic E-state index is 11.1. The Kier molecular flexibility index (Phi) is 2.98. The molecule has 0 radical (unpaired) electrons. The lowest BCUT2D eigenvalue weighted by molar-refractivity contribution is -0.135. The van der Waals surface area contributed by atoms with E-state index < -0.39 is 0 Å². The van der Waals surface area contributed by atoms with Crippen LogP contribution in [0.25, 0.3) is 0 Å². The Balaban J connectivity index is 1.29. The topological polar surface area (TPSA) is 32.7 Å². The normalized spacial score (nSPS) is 53.3. The van der Waals surface area contributed by atoms with Crippen LogP contribution in [-0.4, -0.2) is 48.0 Å². The molecule has 1 N–H and O–H groups in total. The van der Waals surface area contributed by atoms with Gasteiger partial charge in [-0.2, -0.15) is 0 Å². The molecule has 2 aliphatic heterocycles. The fraction of sp³-hybridized carbons (Fsp3) is 1.00. The number of fused-ring (bicyclic) bond motifs is 2. The van der Waals surface area contributed by atoms with Crippen LogP contribution in [0.15, 0.2) is 0 Å². The molecular weight excluding hydrogens is 262 g/mol. The third-order valence-corrected chi connectivity index (χ3v) is 7.34. The lowest BCUT2D eigenvalue weighted by Gasteiger charge is -2.59. The molecule has 0 aromatic heterocycles. The van der Waals surface area contributed by atoms with Gasteiger partial charge in [-0.3, -0.25) is 4.90 Å². The highest BCUT2D eigenvalue weighted by Crippen LogP contribution is 2.61. The standard InChI is InChI=1S/C18H29NO2/c20-17(11-19-9-15-1-2-16(10-19)21-15)18-6-12-3-13(7-18)5-14(4-12)8-18/h12-17,20H,1-11H2. The van der Waals surface area contributed by atoms with E-state index in [9.17, 15) is 5.11 Å². The van der Waals surface area contributed by atoms with Gasteiger partial charge in [-0.1, -0.05) is 0 Å². The largest absolute Gasteiger partial charge is 0.391 e. The Labute approximate surface area is 128 Å². The van der Waals surface area contributed by atoms with E-state index in [1.165, 1.54) is 51.4 Å². The highest BCUT2D eigenvalue weighted by molar-refractivity contribution is 5.05. The van der Waals surface area contributed by atoms with Crippen LogP contribution < -0.4 is 0 Å². The number of β-amino-alcohol motifs (C(OH)–C–C–N with tert-alkyl or cyclic N) is 1. The zero-order valence-electron chi connectivity index (χ0n) is 13.0. The van der Waals surface area contributed by atoms with Gasteiger partial charge in [-0.25, -0.2) is 0 Å². The lowest BCUT2D eigenvalue weighted by atomic mass is 9.48. The van der Waals surface area contributed by atoms with Crippen molar-refractivity contribution in [3.8, 4) is 0 Å². The molecule has 2 saturated heterocycles. The Morgan fingerprint density at radius 2 is 1.48 bits per heavy atom. The lowest BCUT2D eigenvalue weighted by Crippen LogP contribution is -2.56. The molecule has 4 aliphatic carbocycles. The quantitative estimate of drug-likeness (QED) is 0.867. The molecule has 0 spiro atoms. The van der Waals surface area contributed by atoms with E-state index in [1.807, 2.05) is 0 Å². The molecule has 6 bridgehead atoms. The summed E-state index contributed by atoms with van der Waals surface area (Å²) in [5.74, 6) is 2.81. The number of hydrogen-bond donors (Lipinski definition) is 1. The van der Waals surface area contributed by atoms with E-state index in [0.29, 0.717) is 12.2 Å². The summed E-state index contributed by atoms with van der Waals surface area (Å²) >= 11 is 0. The van der Waals surface area contributed by atoms with Gasteiger partial charge in [0, 0.05) is 19.6 Å². The zero-order valence-corrected chi connectivity index (χ0v) is 13.0. The molecule has 2 heterocycles. The molecule has 6 rings (SSSR count). The van der Waals surface area contributed by atoms with Crippen LogP contribution >= 0.6 is 0 Å². The highest BCUT2D eigenvalue weighted by Gasteiger charge is 2.54. The monoisotopic (exact) mass is 291 g/mol. The van der Waals surface area contributed by atoms with Crippen molar-refractivity contribution in [2.75, 3.05) is 19.6 Å². The van der Waals surface area contributed by atoms with E-state index in [2.05, 4.69) is 4.90 Å². The number of likely N-dealkylation sites (tertiary alicyclic amines) is 1. The number of aliphatic hydroxyl groups is 1. The number of morpholine rings is 1. The van der Waals surface area contributed by atoms with Crippen LogP contribution in [0.5, 0.6) is 0 Å². The van der Waals surface area contributed by atoms with Crippen molar-refractivity contribution in [3.63, 3.8) is 0 Å². The van der Waals surface area contributed by atoms with Crippen LogP contribution in [0.3, 0.4) is 0 Å². The summed E-state index contributed by atoms with van der Waals surface area (Å²) in [7, 11) is 0. The maximum Gasteiger partial charge on any atom is 0.0723 e. The molecular formula is C18H29NO2. The third-order valence-electron chi connectivity index (χ3n) is 7.34. The fourth-order valence-electron chi connectivity index (χ4n) is 6.87. The van der Waals surface area contributed by atoms with Crippen molar-refractivity contribution >= 4 is 0 Å². The Hall–Kier alpha value is -0.120. The number of hydrogen-bond acceptors (Lipinski definition) is 3. The van der Waals surface area contributed by atoms with Gasteiger partial charge in [0.2, 0.25) is 0 Å². The third kappa shape index (κ3) is 2.19. The van der Waals surface area contributed by atoms with Gasteiger partial charge in [0.25, 0.3) is 0 Å². The molecule has 3 heteroatoms. The highest BCUT2D eigenvalue weighted by atomic mass is 16.5. The smallest absolute Gasteiger partial charge is 0.0723 e. The number of nitrogens with zero attached hydrogens (tertiary/aromatic N) is 1. The van der Waals surface area contributed by atoms with E-state index in [0.717, 1.165) is 37.4 Å². The molecule has 3 nitrogen and oxygen atoms in total. The molecule has 21 heavy (non-hydrogen) atoms. The maximum absolute atomic E-state index is 11.1. The van der Waals surface area contributed by atoms with Crippen molar-refractivity contribution in [1.29, 1.82) is 0 Å². The van der Waals surface area contributed by atoms with Gasteiger partial charge in [-0.05, 0) is 74.5 Å². The van der Waals surface area contributed by atoms with Crippen LogP contribution in [-0.2, 0) is 4.74 Å². The first kappa shape index (κ1) is 13.3. The summed E-state index contributed by atoms with van der Waals surface area (Å²) in [4.78, 5) is 2.51. The first-order chi connectivity index (χ1) is 10.2. The van der Waals surface area contributed by atoms with Gasteiger partial charge in [-0.15, -0.1) is 0 Å². The second kappa shape index (κ2) is 4.69.